The third-order valence-electron chi connectivity index (χ3n) is 3.35. The zero-order valence-corrected chi connectivity index (χ0v) is 11.3. The summed E-state index contributed by atoms with van der Waals surface area (Å²) in [5.74, 6) is 0.406. The minimum absolute atomic E-state index is 0.108. The van der Waals surface area contributed by atoms with Gasteiger partial charge in [0.05, 0.1) is 12.6 Å². The number of hydrogen-bond acceptors (Lipinski definition) is 2. The second kappa shape index (κ2) is 5.83. The van der Waals surface area contributed by atoms with Crippen LogP contribution in [0.2, 0.25) is 0 Å². The van der Waals surface area contributed by atoms with Gasteiger partial charge in [0.25, 0.3) is 0 Å². The number of benzene rings is 2. The van der Waals surface area contributed by atoms with E-state index in [1.807, 2.05) is 24.3 Å². The van der Waals surface area contributed by atoms with E-state index in [2.05, 4.69) is 10.6 Å². The second-order valence-electron chi connectivity index (χ2n) is 4.84. The standard InChI is InChI=1S/C16H15FN2O2/c17-11-4-3-5-12(10-11)18-16(20)19-14-8-9-21-15-7-2-1-6-13(14)15/h1-7,10,14H,8-9H2,(H2,18,19,20). The molecule has 1 atom stereocenters. The molecular formula is C16H15FN2O2. The molecule has 0 bridgehead atoms. The van der Waals surface area contributed by atoms with Crippen molar-refractivity contribution in [3.05, 3.63) is 59.9 Å². The van der Waals surface area contributed by atoms with E-state index in [0.29, 0.717) is 18.7 Å². The molecule has 2 aromatic carbocycles. The van der Waals surface area contributed by atoms with Crippen LogP contribution in [0.1, 0.15) is 18.0 Å². The number of rotatable bonds is 2. The Balaban J connectivity index is 1.68. The molecule has 2 aromatic rings. The fourth-order valence-electron chi connectivity index (χ4n) is 2.38. The third-order valence-corrected chi connectivity index (χ3v) is 3.35. The van der Waals surface area contributed by atoms with Crippen molar-refractivity contribution in [3.8, 4) is 5.75 Å². The first-order chi connectivity index (χ1) is 10.2. The van der Waals surface area contributed by atoms with Gasteiger partial charge in [-0.3, -0.25) is 0 Å². The molecule has 0 aliphatic carbocycles. The van der Waals surface area contributed by atoms with Gasteiger partial charge in [-0.25, -0.2) is 9.18 Å². The normalized spacial score (nSPS) is 16.5. The van der Waals surface area contributed by atoms with E-state index in [4.69, 9.17) is 4.74 Å². The van der Waals surface area contributed by atoms with Crippen LogP contribution < -0.4 is 15.4 Å². The van der Waals surface area contributed by atoms with E-state index in [-0.39, 0.29) is 17.9 Å². The van der Waals surface area contributed by atoms with Crippen LogP contribution >= 0.6 is 0 Å². The smallest absolute Gasteiger partial charge is 0.319 e. The van der Waals surface area contributed by atoms with Gasteiger partial charge in [-0.1, -0.05) is 24.3 Å². The lowest BCUT2D eigenvalue weighted by Gasteiger charge is -2.26. The number of anilines is 1. The number of hydrogen-bond donors (Lipinski definition) is 2. The SMILES string of the molecule is O=C(Nc1cccc(F)c1)NC1CCOc2ccccc21. The van der Waals surface area contributed by atoms with Gasteiger partial charge in [0, 0.05) is 17.7 Å². The summed E-state index contributed by atoms with van der Waals surface area (Å²) in [4.78, 5) is 12.0. The van der Waals surface area contributed by atoms with Crippen LogP contribution in [0.15, 0.2) is 48.5 Å². The van der Waals surface area contributed by atoms with Crippen molar-refractivity contribution in [1.82, 2.24) is 5.32 Å². The van der Waals surface area contributed by atoms with Crippen LogP contribution in [0.5, 0.6) is 5.75 Å². The number of halogens is 1. The Kier molecular flexibility index (Phi) is 3.73. The van der Waals surface area contributed by atoms with Crippen LogP contribution in [0.3, 0.4) is 0 Å². The predicted octanol–water partition coefficient (Wildman–Crippen LogP) is 3.47. The number of ether oxygens (including phenoxy) is 1. The molecule has 2 N–H and O–H groups in total. The molecule has 1 aliphatic rings. The zero-order valence-electron chi connectivity index (χ0n) is 11.3. The van der Waals surface area contributed by atoms with E-state index in [1.165, 1.54) is 12.1 Å². The Morgan fingerprint density at radius 1 is 1.19 bits per heavy atom. The number of nitrogens with one attached hydrogen (secondary N) is 2. The highest BCUT2D eigenvalue weighted by atomic mass is 19.1. The van der Waals surface area contributed by atoms with Crippen molar-refractivity contribution in [2.24, 2.45) is 0 Å². The van der Waals surface area contributed by atoms with E-state index in [0.717, 1.165) is 11.3 Å². The highest BCUT2D eigenvalue weighted by Gasteiger charge is 2.22. The predicted molar refractivity (Wildman–Crippen MR) is 77.8 cm³/mol. The number of urea groups is 1. The van der Waals surface area contributed by atoms with Crippen LogP contribution in [0, 0.1) is 5.82 Å². The largest absolute Gasteiger partial charge is 0.493 e. The molecule has 1 heterocycles. The van der Waals surface area contributed by atoms with E-state index in [9.17, 15) is 9.18 Å². The Morgan fingerprint density at radius 3 is 2.90 bits per heavy atom. The molecule has 0 radical (unpaired) electrons. The van der Waals surface area contributed by atoms with Crippen molar-refractivity contribution < 1.29 is 13.9 Å². The highest BCUT2D eigenvalue weighted by molar-refractivity contribution is 5.89. The van der Waals surface area contributed by atoms with Gasteiger partial charge in [-0.15, -0.1) is 0 Å². The van der Waals surface area contributed by atoms with E-state index in [1.54, 1.807) is 12.1 Å². The monoisotopic (exact) mass is 286 g/mol. The van der Waals surface area contributed by atoms with Gasteiger partial charge in [-0.05, 0) is 24.3 Å². The minimum Gasteiger partial charge on any atom is -0.493 e. The Bertz CT molecular complexity index is 660. The van der Waals surface area contributed by atoms with E-state index >= 15 is 0 Å². The Morgan fingerprint density at radius 2 is 2.05 bits per heavy atom. The summed E-state index contributed by atoms with van der Waals surface area (Å²) in [7, 11) is 0. The van der Waals surface area contributed by atoms with Crippen LogP contribution in [0.4, 0.5) is 14.9 Å². The molecule has 0 saturated carbocycles. The van der Waals surface area contributed by atoms with Crippen molar-refractivity contribution in [3.63, 3.8) is 0 Å². The van der Waals surface area contributed by atoms with Gasteiger partial charge in [0.1, 0.15) is 11.6 Å². The Hall–Kier alpha value is -2.56. The number of carbonyl (C=O) groups excluding carboxylic acids is 1. The molecule has 1 aliphatic heterocycles. The van der Waals surface area contributed by atoms with Crippen LogP contribution in [-0.4, -0.2) is 12.6 Å². The summed E-state index contributed by atoms with van der Waals surface area (Å²) in [6, 6.07) is 13.0. The molecule has 0 saturated heterocycles. The molecule has 4 nitrogen and oxygen atoms in total. The molecule has 3 rings (SSSR count). The summed E-state index contributed by atoms with van der Waals surface area (Å²) >= 11 is 0. The van der Waals surface area contributed by atoms with Crippen LogP contribution in [0.25, 0.3) is 0 Å². The molecule has 21 heavy (non-hydrogen) atoms. The summed E-state index contributed by atoms with van der Waals surface area (Å²) in [5.41, 5.74) is 1.38. The maximum Gasteiger partial charge on any atom is 0.319 e. The molecule has 0 fully saturated rings. The first-order valence-corrected chi connectivity index (χ1v) is 6.77. The Labute approximate surface area is 121 Å². The molecule has 0 aromatic heterocycles. The highest BCUT2D eigenvalue weighted by Crippen LogP contribution is 2.31. The molecule has 2 amide bonds. The number of carbonyl (C=O) groups is 1. The summed E-state index contributed by atoms with van der Waals surface area (Å²) in [5, 5.41) is 5.52. The maximum absolute atomic E-state index is 13.1. The molecule has 5 heteroatoms. The van der Waals surface area contributed by atoms with Crippen molar-refractivity contribution in [2.75, 3.05) is 11.9 Å². The lowest BCUT2D eigenvalue weighted by atomic mass is 10.0. The third kappa shape index (κ3) is 3.13. The lowest BCUT2D eigenvalue weighted by molar-refractivity contribution is 0.232. The average Bonchev–Trinajstić information content (AvgIpc) is 2.47. The quantitative estimate of drug-likeness (QED) is 0.888. The molecule has 0 spiro atoms. The fourth-order valence-corrected chi connectivity index (χ4v) is 2.38. The molecule has 1 unspecified atom stereocenters. The maximum atomic E-state index is 13.1. The lowest BCUT2D eigenvalue weighted by Crippen LogP contribution is -2.35. The minimum atomic E-state index is -0.385. The average molecular weight is 286 g/mol. The van der Waals surface area contributed by atoms with E-state index < -0.39 is 0 Å². The second-order valence-corrected chi connectivity index (χ2v) is 4.84. The summed E-state index contributed by atoms with van der Waals surface area (Å²) in [6.07, 6.45) is 0.702. The van der Waals surface area contributed by atoms with Gasteiger partial charge in [0.15, 0.2) is 0 Å². The number of amides is 2. The topological polar surface area (TPSA) is 50.4 Å². The number of para-hydroxylation sites is 1. The van der Waals surface area contributed by atoms with Crippen molar-refractivity contribution in [2.45, 2.75) is 12.5 Å². The first kappa shape index (κ1) is 13.4. The molecule has 108 valence electrons. The van der Waals surface area contributed by atoms with Gasteiger partial charge in [-0.2, -0.15) is 0 Å². The summed E-state index contributed by atoms with van der Waals surface area (Å²) < 4.78 is 18.6. The number of fused-ring (bicyclic) bond motifs is 1. The summed E-state index contributed by atoms with van der Waals surface area (Å²) in [6.45, 7) is 0.557. The van der Waals surface area contributed by atoms with Gasteiger partial charge in [0.2, 0.25) is 0 Å². The van der Waals surface area contributed by atoms with Crippen LogP contribution in [-0.2, 0) is 0 Å². The van der Waals surface area contributed by atoms with Crippen molar-refractivity contribution in [1.29, 1.82) is 0 Å². The molecular weight excluding hydrogens is 271 g/mol. The zero-order chi connectivity index (χ0) is 14.7. The van der Waals surface area contributed by atoms with Crippen molar-refractivity contribution >= 4 is 11.7 Å². The van der Waals surface area contributed by atoms with Gasteiger partial charge < -0.3 is 15.4 Å². The fraction of sp³-hybridized carbons (Fsp3) is 0.188. The van der Waals surface area contributed by atoms with Gasteiger partial charge >= 0.3 is 6.03 Å². The first-order valence-electron chi connectivity index (χ1n) is 6.77.